The third-order valence-electron chi connectivity index (χ3n) is 6.07. The van der Waals surface area contributed by atoms with Gasteiger partial charge in [0.25, 0.3) is 0 Å². The lowest BCUT2D eigenvalue weighted by Crippen LogP contribution is -2.27. The highest BCUT2D eigenvalue weighted by atomic mass is 79.9. The van der Waals surface area contributed by atoms with E-state index in [1.54, 1.807) is 11.3 Å². The van der Waals surface area contributed by atoms with Crippen LogP contribution in [0.4, 0.5) is 0 Å². The fraction of sp³-hybridized carbons (Fsp3) is 0.0370. The molecule has 3 heteroatoms. The maximum atomic E-state index is 12.5. The van der Waals surface area contributed by atoms with Crippen molar-refractivity contribution in [3.05, 3.63) is 118 Å². The van der Waals surface area contributed by atoms with Crippen LogP contribution in [0.15, 0.2) is 101 Å². The van der Waals surface area contributed by atoms with E-state index in [1.807, 2.05) is 36.4 Å². The van der Waals surface area contributed by atoms with E-state index in [9.17, 15) is 5.11 Å². The summed E-state index contributed by atoms with van der Waals surface area (Å²) in [5.41, 5.74) is 5.91. The number of halogens is 1. The van der Waals surface area contributed by atoms with Crippen molar-refractivity contribution in [2.45, 2.75) is 5.60 Å². The van der Waals surface area contributed by atoms with Crippen molar-refractivity contribution in [1.29, 1.82) is 0 Å². The first-order valence-electron chi connectivity index (χ1n) is 9.87. The standard InChI is InChI=1S/C27H17BrOS/c28-24-14-7-11-20-17-8-1-4-12-22(17)27(29,26(20)24)23-13-5-2-9-18(23)21-16-30-25-15-6-3-10-19(21)25/h1-16,29H. The molecule has 0 aliphatic heterocycles. The molecule has 0 bridgehead atoms. The van der Waals surface area contributed by atoms with Gasteiger partial charge >= 0.3 is 0 Å². The van der Waals surface area contributed by atoms with Crippen molar-refractivity contribution in [2.24, 2.45) is 0 Å². The van der Waals surface area contributed by atoms with Crippen molar-refractivity contribution >= 4 is 37.4 Å². The average Bonchev–Trinajstić information content (AvgIpc) is 3.33. The lowest BCUT2D eigenvalue weighted by atomic mass is 9.80. The van der Waals surface area contributed by atoms with E-state index in [4.69, 9.17) is 0 Å². The summed E-state index contributed by atoms with van der Waals surface area (Å²) in [5, 5.41) is 15.9. The van der Waals surface area contributed by atoms with Gasteiger partial charge < -0.3 is 5.11 Å². The van der Waals surface area contributed by atoms with E-state index < -0.39 is 5.60 Å². The molecule has 1 nitrogen and oxygen atoms in total. The molecule has 0 amide bonds. The van der Waals surface area contributed by atoms with Crippen molar-refractivity contribution in [3.63, 3.8) is 0 Å². The van der Waals surface area contributed by atoms with Gasteiger partial charge in [-0.2, -0.15) is 0 Å². The Morgan fingerprint density at radius 3 is 2.00 bits per heavy atom. The van der Waals surface area contributed by atoms with Gasteiger partial charge in [0, 0.05) is 36.8 Å². The Morgan fingerprint density at radius 1 is 0.633 bits per heavy atom. The largest absolute Gasteiger partial charge is 0.376 e. The Kier molecular flexibility index (Phi) is 4.00. The molecule has 30 heavy (non-hydrogen) atoms. The minimum atomic E-state index is -1.23. The predicted molar refractivity (Wildman–Crippen MR) is 129 cm³/mol. The van der Waals surface area contributed by atoms with Crippen LogP contribution in [0.3, 0.4) is 0 Å². The summed E-state index contributed by atoms with van der Waals surface area (Å²) >= 11 is 5.48. The Bertz CT molecular complexity index is 1430. The van der Waals surface area contributed by atoms with Gasteiger partial charge in [-0.05, 0) is 34.2 Å². The number of hydrogen-bond donors (Lipinski definition) is 1. The smallest absolute Gasteiger partial charge is 0.143 e. The van der Waals surface area contributed by atoms with Crippen molar-refractivity contribution in [1.82, 2.24) is 0 Å². The van der Waals surface area contributed by atoms with Crippen LogP contribution in [-0.2, 0) is 5.60 Å². The van der Waals surface area contributed by atoms with E-state index >= 15 is 0 Å². The normalized spacial score (nSPS) is 17.1. The molecule has 1 N–H and O–H groups in total. The summed E-state index contributed by atoms with van der Waals surface area (Å²) in [6.07, 6.45) is 0. The molecular weight excluding hydrogens is 452 g/mol. The minimum Gasteiger partial charge on any atom is -0.376 e. The second-order valence-corrected chi connectivity index (χ2v) is 9.38. The second-order valence-electron chi connectivity index (χ2n) is 7.61. The molecule has 0 saturated heterocycles. The molecule has 1 aromatic heterocycles. The van der Waals surface area contributed by atoms with Gasteiger partial charge in [-0.1, -0.05) is 94.8 Å². The molecule has 0 spiro atoms. The highest BCUT2D eigenvalue weighted by molar-refractivity contribution is 9.10. The maximum absolute atomic E-state index is 12.5. The van der Waals surface area contributed by atoms with Gasteiger partial charge in [-0.15, -0.1) is 11.3 Å². The Balaban J connectivity index is 1.71. The van der Waals surface area contributed by atoms with E-state index in [0.717, 1.165) is 43.4 Å². The number of aliphatic hydroxyl groups is 1. The van der Waals surface area contributed by atoms with Crippen LogP contribution in [0.1, 0.15) is 16.7 Å². The topological polar surface area (TPSA) is 20.2 Å². The summed E-state index contributed by atoms with van der Waals surface area (Å²) in [6, 6.07) is 31.0. The number of benzene rings is 4. The second kappa shape index (κ2) is 6.64. The summed E-state index contributed by atoms with van der Waals surface area (Å²) in [5.74, 6) is 0. The molecule has 1 unspecified atom stereocenters. The Labute approximate surface area is 187 Å². The third-order valence-corrected chi connectivity index (χ3v) is 7.69. The molecule has 1 aliphatic carbocycles. The Morgan fingerprint density at radius 2 is 1.23 bits per heavy atom. The van der Waals surface area contributed by atoms with E-state index in [2.05, 4.69) is 75.9 Å². The third kappa shape index (κ3) is 2.37. The summed E-state index contributed by atoms with van der Waals surface area (Å²) in [6.45, 7) is 0. The molecule has 1 heterocycles. The lowest BCUT2D eigenvalue weighted by Gasteiger charge is -2.29. The van der Waals surface area contributed by atoms with Crippen LogP contribution in [0.2, 0.25) is 0 Å². The quantitative estimate of drug-likeness (QED) is 0.282. The van der Waals surface area contributed by atoms with Crippen LogP contribution < -0.4 is 0 Å². The van der Waals surface area contributed by atoms with Gasteiger partial charge in [0.1, 0.15) is 5.60 Å². The molecule has 5 aromatic rings. The van der Waals surface area contributed by atoms with Crippen LogP contribution in [0.25, 0.3) is 32.3 Å². The van der Waals surface area contributed by atoms with Crippen LogP contribution >= 0.6 is 27.3 Å². The molecule has 1 aliphatic rings. The van der Waals surface area contributed by atoms with Crippen LogP contribution in [0, 0.1) is 0 Å². The Hall–Kier alpha value is -2.72. The SMILES string of the molecule is OC1(c2ccccc2-c2csc3ccccc23)c2ccccc2-c2cccc(Br)c21. The first-order chi connectivity index (χ1) is 14.7. The lowest BCUT2D eigenvalue weighted by molar-refractivity contribution is 0.130. The molecule has 0 radical (unpaired) electrons. The van der Waals surface area contributed by atoms with Crippen LogP contribution in [-0.4, -0.2) is 5.11 Å². The predicted octanol–water partition coefficient (Wildman–Crippen LogP) is 7.60. The van der Waals surface area contributed by atoms with Gasteiger partial charge in [0.15, 0.2) is 0 Å². The fourth-order valence-corrected chi connectivity index (χ4v) is 6.40. The molecule has 4 aromatic carbocycles. The molecule has 1 atom stereocenters. The zero-order valence-corrected chi connectivity index (χ0v) is 18.4. The van der Waals surface area contributed by atoms with E-state index in [1.165, 1.54) is 10.1 Å². The summed E-state index contributed by atoms with van der Waals surface area (Å²) in [7, 11) is 0. The highest BCUT2D eigenvalue weighted by Crippen LogP contribution is 2.55. The van der Waals surface area contributed by atoms with Gasteiger partial charge in [0.2, 0.25) is 0 Å². The first kappa shape index (κ1) is 18.1. The first-order valence-corrected chi connectivity index (χ1v) is 11.5. The number of thiophene rings is 1. The van der Waals surface area contributed by atoms with E-state index in [-0.39, 0.29) is 0 Å². The molecular formula is C27H17BrOS. The summed E-state index contributed by atoms with van der Waals surface area (Å²) < 4.78 is 2.17. The average molecular weight is 469 g/mol. The summed E-state index contributed by atoms with van der Waals surface area (Å²) in [4.78, 5) is 0. The van der Waals surface area contributed by atoms with Gasteiger partial charge in [0.05, 0.1) is 0 Å². The molecule has 144 valence electrons. The number of rotatable bonds is 2. The monoisotopic (exact) mass is 468 g/mol. The minimum absolute atomic E-state index is 0.909. The molecule has 0 fully saturated rings. The van der Waals surface area contributed by atoms with Crippen molar-refractivity contribution < 1.29 is 5.11 Å². The number of fused-ring (bicyclic) bond motifs is 4. The van der Waals surface area contributed by atoms with E-state index in [0.29, 0.717) is 0 Å². The van der Waals surface area contributed by atoms with Crippen molar-refractivity contribution in [3.8, 4) is 22.3 Å². The zero-order chi connectivity index (χ0) is 20.3. The maximum Gasteiger partial charge on any atom is 0.143 e. The van der Waals surface area contributed by atoms with Gasteiger partial charge in [-0.3, -0.25) is 0 Å². The molecule has 6 rings (SSSR count). The zero-order valence-electron chi connectivity index (χ0n) is 16.0. The van der Waals surface area contributed by atoms with Crippen LogP contribution in [0.5, 0.6) is 0 Å². The molecule has 0 saturated carbocycles. The number of hydrogen-bond acceptors (Lipinski definition) is 2. The van der Waals surface area contributed by atoms with Crippen molar-refractivity contribution in [2.75, 3.05) is 0 Å². The highest BCUT2D eigenvalue weighted by Gasteiger charge is 2.45. The fourth-order valence-electron chi connectivity index (χ4n) is 4.78. The van der Waals surface area contributed by atoms with Gasteiger partial charge in [-0.25, -0.2) is 0 Å².